The summed E-state index contributed by atoms with van der Waals surface area (Å²) in [6, 6.07) is 6.01. The molecule has 4 rings (SSSR count). The van der Waals surface area contributed by atoms with E-state index in [9.17, 15) is 19.5 Å². The monoisotopic (exact) mass is 515 g/mol. The molecule has 9 heteroatoms. The van der Waals surface area contributed by atoms with Crippen molar-refractivity contribution in [3.63, 3.8) is 0 Å². The molecule has 8 nitrogen and oxygen atoms in total. The first-order valence-corrected chi connectivity index (χ1v) is 12.9. The average molecular weight is 516 g/mol. The molecule has 0 radical (unpaired) electrons. The van der Waals surface area contributed by atoms with Crippen molar-refractivity contribution in [2.24, 2.45) is 11.8 Å². The number of benzene rings is 1. The van der Waals surface area contributed by atoms with E-state index in [-0.39, 0.29) is 37.4 Å². The standard InChI is InChI=1S/C27H34ClN3O5/c1-4-13-29(14-5-2)24(33)21-20-11-12-27(36-20)22(21)25(34)31(16-17-32)23(27)26(35)30(15-6-3)19-10-8-7-9-18(19)28/h4,6-10,20-23,32H,1,3,5,11-17H2,2H3/t20-,21+,22-,23?,27?/m0/s1. The lowest BCUT2D eigenvalue weighted by atomic mass is 9.70. The lowest BCUT2D eigenvalue weighted by Gasteiger charge is -2.37. The lowest BCUT2D eigenvalue weighted by molar-refractivity contribution is -0.145. The summed E-state index contributed by atoms with van der Waals surface area (Å²) in [5.41, 5.74) is -0.637. The number of halogens is 1. The van der Waals surface area contributed by atoms with Crippen LogP contribution >= 0.6 is 11.6 Å². The molecular formula is C27H34ClN3O5. The van der Waals surface area contributed by atoms with Gasteiger partial charge in [-0.2, -0.15) is 0 Å². The van der Waals surface area contributed by atoms with Crippen molar-refractivity contribution in [3.8, 4) is 0 Å². The number of fused-ring (bicyclic) bond motifs is 1. The number of β-amino-alcohol motifs (C(OH)–C–C–N with tert-alkyl or cyclic N) is 1. The van der Waals surface area contributed by atoms with Crippen LogP contribution in [0.15, 0.2) is 49.6 Å². The first-order chi connectivity index (χ1) is 17.4. The Labute approximate surface area is 217 Å². The molecule has 3 aliphatic heterocycles. The van der Waals surface area contributed by atoms with Crippen LogP contribution in [-0.4, -0.2) is 83.2 Å². The maximum absolute atomic E-state index is 14.2. The Morgan fingerprint density at radius 1 is 1.25 bits per heavy atom. The molecule has 3 amide bonds. The number of amides is 3. The number of likely N-dealkylation sites (tertiary alicyclic amines) is 1. The maximum atomic E-state index is 14.2. The first kappa shape index (κ1) is 26.4. The molecule has 2 unspecified atom stereocenters. The van der Waals surface area contributed by atoms with Gasteiger partial charge in [0.05, 0.1) is 35.3 Å². The van der Waals surface area contributed by atoms with Gasteiger partial charge in [0.25, 0.3) is 5.91 Å². The van der Waals surface area contributed by atoms with Crippen LogP contribution in [0.2, 0.25) is 5.02 Å². The van der Waals surface area contributed by atoms with Gasteiger partial charge in [0.15, 0.2) is 0 Å². The van der Waals surface area contributed by atoms with Crippen LogP contribution in [0.1, 0.15) is 26.2 Å². The summed E-state index contributed by atoms with van der Waals surface area (Å²) in [5.74, 6) is -2.30. The number of aliphatic hydroxyl groups excluding tert-OH is 1. The molecule has 3 heterocycles. The van der Waals surface area contributed by atoms with Crippen LogP contribution < -0.4 is 4.90 Å². The van der Waals surface area contributed by atoms with Crippen LogP contribution in [0, 0.1) is 11.8 Å². The van der Waals surface area contributed by atoms with Crippen LogP contribution in [-0.2, 0) is 19.1 Å². The van der Waals surface area contributed by atoms with Crippen molar-refractivity contribution in [1.29, 1.82) is 0 Å². The van der Waals surface area contributed by atoms with E-state index in [2.05, 4.69) is 13.2 Å². The third kappa shape index (κ3) is 4.15. The number of rotatable bonds is 11. The molecule has 5 atom stereocenters. The van der Waals surface area contributed by atoms with E-state index in [0.29, 0.717) is 36.6 Å². The number of nitrogens with zero attached hydrogens (tertiary/aromatic N) is 3. The average Bonchev–Trinajstić information content (AvgIpc) is 3.50. The fraction of sp³-hybridized carbons (Fsp3) is 0.519. The molecule has 0 aliphatic carbocycles. The highest BCUT2D eigenvalue weighted by Crippen LogP contribution is 2.59. The zero-order valence-corrected chi connectivity index (χ0v) is 21.4. The minimum absolute atomic E-state index is 0.0296. The van der Waals surface area contributed by atoms with Crippen LogP contribution in [0.4, 0.5) is 5.69 Å². The van der Waals surface area contributed by atoms with Crippen LogP contribution in [0.25, 0.3) is 0 Å². The van der Waals surface area contributed by atoms with Gasteiger partial charge in [-0.05, 0) is 31.4 Å². The molecule has 36 heavy (non-hydrogen) atoms. The van der Waals surface area contributed by atoms with E-state index >= 15 is 0 Å². The highest BCUT2D eigenvalue weighted by atomic mass is 35.5. The second kappa shape index (κ2) is 10.7. The maximum Gasteiger partial charge on any atom is 0.253 e. The molecule has 1 spiro atoms. The van der Waals surface area contributed by atoms with Crippen molar-refractivity contribution in [3.05, 3.63) is 54.6 Å². The molecule has 1 N–H and O–H groups in total. The minimum Gasteiger partial charge on any atom is -0.395 e. The van der Waals surface area contributed by atoms with Gasteiger partial charge in [0.2, 0.25) is 11.8 Å². The largest absolute Gasteiger partial charge is 0.395 e. The zero-order valence-electron chi connectivity index (χ0n) is 20.6. The van der Waals surface area contributed by atoms with E-state index < -0.39 is 29.6 Å². The Kier molecular flexibility index (Phi) is 7.87. The highest BCUT2D eigenvalue weighted by Gasteiger charge is 2.74. The quantitative estimate of drug-likeness (QED) is 0.458. The van der Waals surface area contributed by atoms with E-state index in [1.54, 1.807) is 41.3 Å². The van der Waals surface area contributed by atoms with Gasteiger partial charge in [-0.3, -0.25) is 14.4 Å². The van der Waals surface area contributed by atoms with Gasteiger partial charge < -0.3 is 24.5 Å². The summed E-state index contributed by atoms with van der Waals surface area (Å²) >= 11 is 6.44. The van der Waals surface area contributed by atoms with Gasteiger partial charge in [-0.1, -0.05) is 42.8 Å². The summed E-state index contributed by atoms with van der Waals surface area (Å²) in [4.78, 5) is 46.4. The number of carbonyl (C=O) groups is 3. The fourth-order valence-electron chi connectivity index (χ4n) is 6.24. The number of para-hydroxylation sites is 1. The Morgan fingerprint density at radius 3 is 2.61 bits per heavy atom. The molecule has 1 aromatic rings. The number of ether oxygens (including phenoxy) is 1. The third-order valence-corrected chi connectivity index (χ3v) is 7.86. The lowest BCUT2D eigenvalue weighted by Crippen LogP contribution is -2.57. The predicted octanol–water partition coefficient (Wildman–Crippen LogP) is 2.65. The molecular weight excluding hydrogens is 482 g/mol. The van der Waals surface area contributed by atoms with E-state index in [1.807, 2.05) is 6.92 Å². The van der Waals surface area contributed by atoms with E-state index in [0.717, 1.165) is 6.42 Å². The Hall–Kier alpha value is -2.68. The normalized spacial score (nSPS) is 28.2. The van der Waals surface area contributed by atoms with E-state index in [1.165, 1.54) is 9.80 Å². The van der Waals surface area contributed by atoms with Crippen molar-refractivity contribution >= 4 is 35.0 Å². The molecule has 3 aliphatic rings. The Balaban J connectivity index is 1.75. The van der Waals surface area contributed by atoms with Gasteiger partial charge in [-0.25, -0.2) is 0 Å². The molecule has 194 valence electrons. The summed E-state index contributed by atoms with van der Waals surface area (Å²) < 4.78 is 6.48. The summed E-state index contributed by atoms with van der Waals surface area (Å²) in [6.45, 7) is 10.3. The second-order valence-corrected chi connectivity index (χ2v) is 9.98. The SMILES string of the molecule is C=CCN(CCC)C(=O)[C@@H]1[C@@H]2CCC3(O2)C(C(=O)N(CC=C)c2ccccc2Cl)N(CCO)C(=O)[C@H]13. The second-order valence-electron chi connectivity index (χ2n) is 9.57. The number of anilines is 1. The van der Waals surface area contributed by atoms with Crippen LogP contribution in [0.5, 0.6) is 0 Å². The third-order valence-electron chi connectivity index (χ3n) is 7.54. The molecule has 1 aromatic carbocycles. The topological polar surface area (TPSA) is 90.4 Å². The Bertz CT molecular complexity index is 1050. The molecule has 2 bridgehead atoms. The van der Waals surface area contributed by atoms with Gasteiger partial charge in [0.1, 0.15) is 11.6 Å². The summed E-state index contributed by atoms with van der Waals surface area (Å²) in [7, 11) is 0. The van der Waals surface area contributed by atoms with E-state index in [4.69, 9.17) is 16.3 Å². The zero-order chi connectivity index (χ0) is 26.0. The molecule has 3 fully saturated rings. The number of carbonyl (C=O) groups excluding carboxylic acids is 3. The highest BCUT2D eigenvalue weighted by molar-refractivity contribution is 6.34. The van der Waals surface area contributed by atoms with Crippen molar-refractivity contribution in [1.82, 2.24) is 9.80 Å². The van der Waals surface area contributed by atoms with Gasteiger partial charge >= 0.3 is 0 Å². The molecule has 0 saturated carbocycles. The molecule has 3 saturated heterocycles. The summed E-state index contributed by atoms with van der Waals surface area (Å²) in [6.07, 6.45) is 4.67. The number of hydrogen-bond acceptors (Lipinski definition) is 5. The van der Waals surface area contributed by atoms with Gasteiger partial charge in [0, 0.05) is 26.2 Å². The predicted molar refractivity (Wildman–Crippen MR) is 137 cm³/mol. The minimum atomic E-state index is -1.14. The summed E-state index contributed by atoms with van der Waals surface area (Å²) in [5, 5.41) is 10.2. The number of aliphatic hydroxyl groups is 1. The van der Waals surface area contributed by atoms with Crippen molar-refractivity contribution in [2.75, 3.05) is 37.7 Å². The smallest absolute Gasteiger partial charge is 0.253 e. The molecule has 0 aromatic heterocycles. The fourth-order valence-corrected chi connectivity index (χ4v) is 6.48. The number of hydrogen-bond donors (Lipinski definition) is 1. The Morgan fingerprint density at radius 2 is 1.97 bits per heavy atom. The first-order valence-electron chi connectivity index (χ1n) is 12.5. The van der Waals surface area contributed by atoms with Gasteiger partial charge in [-0.15, -0.1) is 13.2 Å². The van der Waals surface area contributed by atoms with Crippen LogP contribution in [0.3, 0.4) is 0 Å². The van der Waals surface area contributed by atoms with Crippen molar-refractivity contribution in [2.45, 2.75) is 43.9 Å². The van der Waals surface area contributed by atoms with Crippen molar-refractivity contribution < 1.29 is 24.2 Å².